The lowest BCUT2D eigenvalue weighted by Gasteiger charge is -2.16. The second-order valence-electron chi connectivity index (χ2n) is 6.05. The Hall–Kier alpha value is -1.88. The molecule has 1 N–H and O–H groups in total. The molecule has 1 heterocycles. The molecule has 3 rings (SSSR count). The normalized spacial score (nSPS) is 18.1. The molecule has 122 valence electrons. The highest BCUT2D eigenvalue weighted by Crippen LogP contribution is 2.32. The van der Waals surface area contributed by atoms with Gasteiger partial charge in [0.1, 0.15) is 5.75 Å². The molecule has 1 aliphatic carbocycles. The summed E-state index contributed by atoms with van der Waals surface area (Å²) in [7, 11) is 0. The Morgan fingerprint density at radius 2 is 2.22 bits per heavy atom. The number of amides is 1. The van der Waals surface area contributed by atoms with E-state index in [1.807, 2.05) is 37.3 Å². The van der Waals surface area contributed by atoms with Crippen molar-refractivity contribution in [3.8, 4) is 5.75 Å². The van der Waals surface area contributed by atoms with Crippen molar-refractivity contribution in [1.29, 1.82) is 0 Å². The quantitative estimate of drug-likeness (QED) is 0.899. The van der Waals surface area contributed by atoms with Crippen molar-refractivity contribution >= 4 is 22.4 Å². The number of nitrogens with zero attached hydrogens (tertiary/aromatic N) is 1. The number of ether oxygens (including phenoxy) is 1. The van der Waals surface area contributed by atoms with Crippen molar-refractivity contribution in [3.63, 3.8) is 0 Å². The lowest BCUT2D eigenvalue weighted by Crippen LogP contribution is -2.32. The molecule has 0 fully saturated rings. The average Bonchev–Trinajstić information content (AvgIpc) is 2.94. The molecule has 0 saturated carbocycles. The van der Waals surface area contributed by atoms with E-state index in [1.165, 1.54) is 11.3 Å². The SMILES string of the molecule is CC[C@H](Oc1ccccc1)C(=O)Nc1nc2c(s1)C[C@H](C)CC2. The number of para-hydroxylation sites is 1. The summed E-state index contributed by atoms with van der Waals surface area (Å²) in [6.07, 6.45) is 3.38. The highest BCUT2D eigenvalue weighted by molar-refractivity contribution is 7.15. The summed E-state index contributed by atoms with van der Waals surface area (Å²) in [5.41, 5.74) is 1.15. The van der Waals surface area contributed by atoms with Crippen molar-refractivity contribution in [2.45, 2.75) is 45.6 Å². The van der Waals surface area contributed by atoms with E-state index in [4.69, 9.17) is 4.74 Å². The molecule has 1 aromatic carbocycles. The van der Waals surface area contributed by atoms with Crippen LogP contribution in [0.5, 0.6) is 5.75 Å². The monoisotopic (exact) mass is 330 g/mol. The zero-order valence-electron chi connectivity index (χ0n) is 13.5. The first-order valence-corrected chi connectivity index (χ1v) is 8.98. The fourth-order valence-electron chi connectivity index (χ4n) is 2.76. The van der Waals surface area contributed by atoms with Crippen LogP contribution in [0.1, 0.15) is 37.3 Å². The molecule has 0 spiro atoms. The predicted octanol–water partition coefficient (Wildman–Crippen LogP) is 4.06. The molecule has 1 amide bonds. The Morgan fingerprint density at radius 1 is 1.43 bits per heavy atom. The van der Waals surface area contributed by atoms with Crippen LogP contribution in [0.15, 0.2) is 30.3 Å². The molecule has 0 bridgehead atoms. The lowest BCUT2D eigenvalue weighted by atomic mass is 9.93. The predicted molar refractivity (Wildman–Crippen MR) is 93.1 cm³/mol. The van der Waals surface area contributed by atoms with Crippen LogP contribution in [-0.2, 0) is 17.6 Å². The number of rotatable bonds is 5. The first-order valence-electron chi connectivity index (χ1n) is 8.17. The summed E-state index contributed by atoms with van der Waals surface area (Å²) in [6.45, 7) is 4.21. The van der Waals surface area contributed by atoms with E-state index < -0.39 is 6.10 Å². The van der Waals surface area contributed by atoms with Gasteiger partial charge in [0, 0.05) is 4.88 Å². The second-order valence-corrected chi connectivity index (χ2v) is 7.14. The number of aryl methyl sites for hydroxylation is 1. The molecule has 5 heteroatoms. The van der Waals surface area contributed by atoms with Crippen LogP contribution in [0, 0.1) is 5.92 Å². The maximum atomic E-state index is 12.5. The van der Waals surface area contributed by atoms with Gasteiger partial charge in [-0.2, -0.15) is 0 Å². The van der Waals surface area contributed by atoms with Crippen molar-refractivity contribution in [3.05, 3.63) is 40.9 Å². The van der Waals surface area contributed by atoms with E-state index in [9.17, 15) is 4.79 Å². The molecule has 0 saturated heterocycles. The van der Waals surface area contributed by atoms with Gasteiger partial charge in [-0.25, -0.2) is 4.98 Å². The van der Waals surface area contributed by atoms with Crippen LogP contribution < -0.4 is 10.1 Å². The van der Waals surface area contributed by atoms with Crippen LogP contribution in [0.2, 0.25) is 0 Å². The summed E-state index contributed by atoms with van der Waals surface area (Å²) in [5.74, 6) is 1.29. The van der Waals surface area contributed by atoms with Crippen molar-refractivity contribution in [2.24, 2.45) is 5.92 Å². The Bertz CT molecular complexity index is 669. The molecule has 1 aromatic heterocycles. The average molecular weight is 330 g/mol. The van der Waals surface area contributed by atoms with Crippen molar-refractivity contribution < 1.29 is 9.53 Å². The molecule has 0 aliphatic heterocycles. The third-order valence-electron chi connectivity index (χ3n) is 4.10. The van der Waals surface area contributed by atoms with Gasteiger partial charge in [-0.3, -0.25) is 10.1 Å². The van der Waals surface area contributed by atoms with Crippen LogP contribution in [-0.4, -0.2) is 17.0 Å². The molecule has 2 aromatic rings. The third kappa shape index (κ3) is 3.91. The summed E-state index contributed by atoms with van der Waals surface area (Å²) < 4.78 is 5.78. The van der Waals surface area contributed by atoms with Crippen LogP contribution >= 0.6 is 11.3 Å². The molecule has 23 heavy (non-hydrogen) atoms. The minimum Gasteiger partial charge on any atom is -0.481 e. The number of hydrogen-bond acceptors (Lipinski definition) is 4. The van der Waals surface area contributed by atoms with E-state index in [0.29, 0.717) is 23.2 Å². The molecule has 1 aliphatic rings. The van der Waals surface area contributed by atoms with Gasteiger partial charge in [0.25, 0.3) is 5.91 Å². The fraction of sp³-hybridized carbons (Fsp3) is 0.444. The Labute approximate surface area is 140 Å². The number of thiazole rings is 1. The number of fused-ring (bicyclic) bond motifs is 1. The van der Waals surface area contributed by atoms with E-state index in [2.05, 4.69) is 17.2 Å². The number of benzene rings is 1. The summed E-state index contributed by atoms with van der Waals surface area (Å²) in [6, 6.07) is 9.44. The standard InChI is InChI=1S/C18H22N2O2S/c1-3-15(22-13-7-5-4-6-8-13)17(21)20-18-19-14-10-9-12(2)11-16(14)23-18/h4-8,12,15H,3,9-11H2,1-2H3,(H,19,20,21)/t12-,15+/m1/s1. The summed E-state index contributed by atoms with van der Waals surface area (Å²) in [4.78, 5) is 18.4. The van der Waals surface area contributed by atoms with Gasteiger partial charge in [-0.1, -0.05) is 32.0 Å². The number of nitrogens with one attached hydrogen (secondary N) is 1. The van der Waals surface area contributed by atoms with Gasteiger partial charge >= 0.3 is 0 Å². The largest absolute Gasteiger partial charge is 0.481 e. The van der Waals surface area contributed by atoms with Gasteiger partial charge in [0.15, 0.2) is 11.2 Å². The van der Waals surface area contributed by atoms with Crippen molar-refractivity contribution in [1.82, 2.24) is 4.98 Å². The molecule has 4 nitrogen and oxygen atoms in total. The second kappa shape index (κ2) is 7.13. The molecular formula is C18H22N2O2S. The highest BCUT2D eigenvalue weighted by atomic mass is 32.1. The first kappa shape index (κ1) is 16.0. The van der Waals surface area contributed by atoms with E-state index >= 15 is 0 Å². The first-order chi connectivity index (χ1) is 11.2. The lowest BCUT2D eigenvalue weighted by molar-refractivity contribution is -0.122. The fourth-order valence-corrected chi connectivity index (χ4v) is 3.94. The maximum absolute atomic E-state index is 12.5. The minimum absolute atomic E-state index is 0.129. The van der Waals surface area contributed by atoms with Gasteiger partial charge in [-0.05, 0) is 43.7 Å². The number of anilines is 1. The van der Waals surface area contributed by atoms with Gasteiger partial charge in [-0.15, -0.1) is 11.3 Å². The minimum atomic E-state index is -0.503. The van der Waals surface area contributed by atoms with Gasteiger partial charge < -0.3 is 4.74 Å². The van der Waals surface area contributed by atoms with Crippen LogP contribution in [0.3, 0.4) is 0 Å². The smallest absolute Gasteiger partial charge is 0.267 e. The molecule has 2 atom stereocenters. The topological polar surface area (TPSA) is 51.2 Å². The zero-order chi connectivity index (χ0) is 16.2. The number of hydrogen-bond donors (Lipinski definition) is 1. The summed E-state index contributed by atoms with van der Waals surface area (Å²) in [5, 5.41) is 3.63. The van der Waals surface area contributed by atoms with Crippen LogP contribution in [0.25, 0.3) is 0 Å². The van der Waals surface area contributed by atoms with E-state index in [1.54, 1.807) is 11.3 Å². The summed E-state index contributed by atoms with van der Waals surface area (Å²) >= 11 is 1.60. The number of carbonyl (C=O) groups is 1. The number of aromatic nitrogens is 1. The van der Waals surface area contributed by atoms with Crippen molar-refractivity contribution in [2.75, 3.05) is 5.32 Å². The Kier molecular flexibility index (Phi) is 4.96. The number of carbonyl (C=O) groups excluding carboxylic acids is 1. The molecular weight excluding hydrogens is 308 g/mol. The Balaban J connectivity index is 1.65. The maximum Gasteiger partial charge on any atom is 0.267 e. The highest BCUT2D eigenvalue weighted by Gasteiger charge is 2.23. The van der Waals surface area contributed by atoms with Gasteiger partial charge in [0.05, 0.1) is 5.69 Å². The Morgan fingerprint density at radius 3 is 2.96 bits per heavy atom. The van der Waals surface area contributed by atoms with Crippen LogP contribution in [0.4, 0.5) is 5.13 Å². The molecule has 0 radical (unpaired) electrons. The van der Waals surface area contributed by atoms with E-state index in [0.717, 1.165) is 18.5 Å². The van der Waals surface area contributed by atoms with E-state index in [-0.39, 0.29) is 5.91 Å². The zero-order valence-corrected chi connectivity index (χ0v) is 14.4. The molecule has 0 unspecified atom stereocenters. The third-order valence-corrected chi connectivity index (χ3v) is 5.14. The van der Waals surface area contributed by atoms with Gasteiger partial charge in [0.2, 0.25) is 0 Å².